The summed E-state index contributed by atoms with van der Waals surface area (Å²) >= 11 is 0. The van der Waals surface area contributed by atoms with Gasteiger partial charge in [-0.15, -0.1) is 0 Å². The molecule has 1 fully saturated rings. The minimum Gasteiger partial charge on any atom is -0.295 e. The van der Waals surface area contributed by atoms with Gasteiger partial charge in [-0.3, -0.25) is 4.90 Å². The molecule has 0 N–H and O–H groups in total. The van der Waals surface area contributed by atoms with Gasteiger partial charge < -0.3 is 0 Å². The predicted octanol–water partition coefficient (Wildman–Crippen LogP) is 2.67. The number of likely N-dealkylation sites (tertiary alicyclic amines) is 1. The first kappa shape index (κ1) is 10.8. The predicted molar refractivity (Wildman–Crippen MR) is 45.5 cm³/mol. The van der Waals surface area contributed by atoms with E-state index in [4.69, 9.17) is 0 Å². The fourth-order valence-electron chi connectivity index (χ4n) is 1.95. The molecule has 1 saturated heterocycles. The molecule has 1 nitrogen and oxygen atoms in total. The van der Waals surface area contributed by atoms with Crippen molar-refractivity contribution in [2.45, 2.75) is 32.4 Å². The second-order valence-corrected chi connectivity index (χ2v) is 3.79. The van der Waals surface area contributed by atoms with E-state index in [0.717, 1.165) is 19.3 Å². The Morgan fingerprint density at radius 1 is 1.38 bits per heavy atom. The lowest BCUT2D eigenvalue weighted by molar-refractivity contribution is -0.143. The van der Waals surface area contributed by atoms with Gasteiger partial charge in [0.25, 0.3) is 0 Å². The standard InChI is InChI=1S/C9H16F3N/c1-2-3-8-4-5-13(6-8)7-9(10,11)12/h8H,2-7H2,1H3. The Kier molecular flexibility index (Phi) is 3.59. The van der Waals surface area contributed by atoms with Gasteiger partial charge in [0.05, 0.1) is 6.54 Å². The van der Waals surface area contributed by atoms with Crippen LogP contribution < -0.4 is 0 Å². The molecule has 13 heavy (non-hydrogen) atoms. The Labute approximate surface area is 76.9 Å². The fourth-order valence-corrected chi connectivity index (χ4v) is 1.95. The largest absolute Gasteiger partial charge is 0.401 e. The number of rotatable bonds is 3. The van der Waals surface area contributed by atoms with Crippen LogP contribution in [0, 0.1) is 5.92 Å². The molecule has 0 amide bonds. The Bertz CT molecular complexity index is 155. The first-order valence-electron chi connectivity index (χ1n) is 4.80. The molecule has 0 aliphatic carbocycles. The summed E-state index contributed by atoms with van der Waals surface area (Å²) in [7, 11) is 0. The van der Waals surface area contributed by atoms with Crippen LogP contribution in [0.1, 0.15) is 26.2 Å². The summed E-state index contributed by atoms with van der Waals surface area (Å²) in [4.78, 5) is 1.51. The molecule has 0 radical (unpaired) electrons. The first-order valence-corrected chi connectivity index (χ1v) is 4.80. The monoisotopic (exact) mass is 195 g/mol. The van der Waals surface area contributed by atoms with Crippen LogP contribution in [-0.2, 0) is 0 Å². The number of hydrogen-bond donors (Lipinski definition) is 0. The molecule has 1 aliphatic heterocycles. The number of nitrogens with zero attached hydrogens (tertiary/aromatic N) is 1. The summed E-state index contributed by atoms with van der Waals surface area (Å²) in [5, 5.41) is 0. The van der Waals surface area contributed by atoms with Crippen molar-refractivity contribution in [1.82, 2.24) is 4.90 Å². The van der Waals surface area contributed by atoms with E-state index in [1.807, 2.05) is 0 Å². The summed E-state index contributed by atoms with van der Waals surface area (Å²) in [5.41, 5.74) is 0. The fraction of sp³-hybridized carbons (Fsp3) is 1.00. The van der Waals surface area contributed by atoms with Gasteiger partial charge in [0.15, 0.2) is 0 Å². The van der Waals surface area contributed by atoms with E-state index in [2.05, 4.69) is 6.92 Å². The molecular formula is C9H16F3N. The molecule has 0 aromatic rings. The zero-order valence-corrected chi connectivity index (χ0v) is 7.90. The Morgan fingerprint density at radius 2 is 2.08 bits per heavy atom. The summed E-state index contributed by atoms with van der Waals surface area (Å²) in [6.07, 6.45) is -0.954. The van der Waals surface area contributed by atoms with Crippen LogP contribution in [0.3, 0.4) is 0 Å². The summed E-state index contributed by atoms with van der Waals surface area (Å²) in [6.45, 7) is 2.59. The highest BCUT2D eigenvalue weighted by Crippen LogP contribution is 2.24. The summed E-state index contributed by atoms with van der Waals surface area (Å²) < 4.78 is 35.9. The minimum absolute atomic E-state index is 0.493. The average molecular weight is 195 g/mol. The Balaban J connectivity index is 2.25. The van der Waals surface area contributed by atoms with Gasteiger partial charge in [-0.25, -0.2) is 0 Å². The van der Waals surface area contributed by atoms with Crippen molar-refractivity contribution in [1.29, 1.82) is 0 Å². The number of alkyl halides is 3. The van der Waals surface area contributed by atoms with E-state index in [-0.39, 0.29) is 0 Å². The van der Waals surface area contributed by atoms with Gasteiger partial charge >= 0.3 is 6.18 Å². The maximum absolute atomic E-state index is 12.0. The number of halogens is 3. The van der Waals surface area contributed by atoms with Gasteiger partial charge in [-0.1, -0.05) is 13.3 Å². The molecule has 0 bridgehead atoms. The normalized spacial score (nSPS) is 25.4. The topological polar surface area (TPSA) is 3.24 Å². The average Bonchev–Trinajstić information content (AvgIpc) is 2.33. The van der Waals surface area contributed by atoms with Crippen LogP contribution in [0.4, 0.5) is 13.2 Å². The van der Waals surface area contributed by atoms with Crippen molar-refractivity contribution in [2.75, 3.05) is 19.6 Å². The highest BCUT2D eigenvalue weighted by Gasteiger charge is 2.33. The van der Waals surface area contributed by atoms with Gasteiger partial charge in [-0.2, -0.15) is 13.2 Å². The maximum Gasteiger partial charge on any atom is 0.401 e. The van der Waals surface area contributed by atoms with E-state index in [9.17, 15) is 13.2 Å². The van der Waals surface area contributed by atoms with Crippen molar-refractivity contribution in [2.24, 2.45) is 5.92 Å². The highest BCUT2D eigenvalue weighted by molar-refractivity contribution is 4.76. The molecule has 1 atom stereocenters. The quantitative estimate of drug-likeness (QED) is 0.669. The lowest BCUT2D eigenvalue weighted by Gasteiger charge is -2.17. The van der Waals surface area contributed by atoms with E-state index in [1.165, 1.54) is 4.90 Å². The van der Waals surface area contributed by atoms with Crippen molar-refractivity contribution in [3.63, 3.8) is 0 Å². The molecular weight excluding hydrogens is 179 g/mol. The Hall–Kier alpha value is -0.250. The van der Waals surface area contributed by atoms with E-state index in [0.29, 0.717) is 19.0 Å². The maximum atomic E-state index is 12.0. The van der Waals surface area contributed by atoms with Crippen LogP contribution >= 0.6 is 0 Å². The third-order valence-electron chi connectivity index (χ3n) is 2.47. The number of hydrogen-bond acceptors (Lipinski definition) is 1. The van der Waals surface area contributed by atoms with Crippen LogP contribution in [0.5, 0.6) is 0 Å². The van der Waals surface area contributed by atoms with Gasteiger partial charge in [0, 0.05) is 6.54 Å². The van der Waals surface area contributed by atoms with Crippen LogP contribution in [-0.4, -0.2) is 30.7 Å². The molecule has 1 aliphatic rings. The zero-order valence-electron chi connectivity index (χ0n) is 7.90. The molecule has 4 heteroatoms. The highest BCUT2D eigenvalue weighted by atomic mass is 19.4. The van der Waals surface area contributed by atoms with Crippen molar-refractivity contribution >= 4 is 0 Å². The summed E-state index contributed by atoms with van der Waals surface area (Å²) in [5.74, 6) is 0.493. The molecule has 0 aromatic carbocycles. The third kappa shape index (κ3) is 3.98. The van der Waals surface area contributed by atoms with Crippen LogP contribution in [0.15, 0.2) is 0 Å². The third-order valence-corrected chi connectivity index (χ3v) is 2.47. The van der Waals surface area contributed by atoms with Crippen molar-refractivity contribution < 1.29 is 13.2 Å². The molecule has 0 aromatic heterocycles. The SMILES string of the molecule is CCCC1CCN(CC(F)(F)F)C1. The van der Waals surface area contributed by atoms with Gasteiger partial charge in [-0.05, 0) is 25.3 Å². The van der Waals surface area contributed by atoms with E-state index in [1.54, 1.807) is 0 Å². The van der Waals surface area contributed by atoms with Crippen molar-refractivity contribution in [3.8, 4) is 0 Å². The molecule has 1 unspecified atom stereocenters. The Morgan fingerprint density at radius 3 is 2.62 bits per heavy atom. The summed E-state index contributed by atoms with van der Waals surface area (Å²) in [6, 6.07) is 0. The molecule has 78 valence electrons. The second-order valence-electron chi connectivity index (χ2n) is 3.79. The lowest BCUT2D eigenvalue weighted by atomic mass is 10.0. The minimum atomic E-state index is -4.03. The van der Waals surface area contributed by atoms with Crippen LogP contribution in [0.25, 0.3) is 0 Å². The van der Waals surface area contributed by atoms with Gasteiger partial charge in [0.1, 0.15) is 0 Å². The van der Waals surface area contributed by atoms with Crippen molar-refractivity contribution in [3.05, 3.63) is 0 Å². The molecule has 0 saturated carbocycles. The lowest BCUT2D eigenvalue weighted by Crippen LogP contribution is -2.32. The van der Waals surface area contributed by atoms with E-state index >= 15 is 0 Å². The van der Waals surface area contributed by atoms with Gasteiger partial charge in [0.2, 0.25) is 0 Å². The smallest absolute Gasteiger partial charge is 0.295 e. The molecule has 1 heterocycles. The second kappa shape index (κ2) is 4.31. The molecule has 1 rings (SSSR count). The first-order chi connectivity index (χ1) is 6.01. The van der Waals surface area contributed by atoms with E-state index < -0.39 is 12.7 Å². The molecule has 0 spiro atoms. The van der Waals surface area contributed by atoms with Crippen LogP contribution in [0.2, 0.25) is 0 Å². The zero-order chi connectivity index (χ0) is 9.90.